The van der Waals surface area contributed by atoms with Crippen molar-refractivity contribution in [3.8, 4) is 0 Å². The van der Waals surface area contributed by atoms with E-state index in [1.54, 1.807) is 0 Å². The minimum Gasteiger partial charge on any atom is -0.324 e. The van der Waals surface area contributed by atoms with Crippen molar-refractivity contribution >= 4 is 11.6 Å². The molecule has 0 saturated heterocycles. The second-order valence-electron chi connectivity index (χ2n) is 3.97. The Morgan fingerprint density at radius 1 is 1.36 bits per heavy atom. The third kappa shape index (κ3) is 2.49. The van der Waals surface area contributed by atoms with E-state index >= 15 is 0 Å². The molecule has 78 valence electrons. The molecule has 2 N–H and O–H groups in total. The summed E-state index contributed by atoms with van der Waals surface area (Å²) < 4.78 is 0. The van der Waals surface area contributed by atoms with Crippen LogP contribution in [0.4, 0.5) is 0 Å². The van der Waals surface area contributed by atoms with Crippen LogP contribution < -0.4 is 5.73 Å². The summed E-state index contributed by atoms with van der Waals surface area (Å²) in [7, 11) is 0. The Labute approximate surface area is 91.3 Å². The zero-order valence-electron chi connectivity index (χ0n) is 9.05. The van der Waals surface area contributed by atoms with E-state index in [-0.39, 0.29) is 6.04 Å². The molecule has 0 bridgehead atoms. The molecule has 0 unspecified atom stereocenters. The van der Waals surface area contributed by atoms with Crippen molar-refractivity contribution in [2.24, 2.45) is 11.7 Å². The maximum atomic E-state index is 6.12. The fourth-order valence-electron chi connectivity index (χ4n) is 1.56. The number of halogens is 1. The Hall–Kier alpha value is -0.530. The lowest BCUT2D eigenvalue weighted by Gasteiger charge is -2.19. The number of benzene rings is 1. The van der Waals surface area contributed by atoms with E-state index in [2.05, 4.69) is 26.8 Å². The van der Waals surface area contributed by atoms with Gasteiger partial charge in [-0.1, -0.05) is 38.4 Å². The monoisotopic (exact) mass is 211 g/mol. The van der Waals surface area contributed by atoms with Gasteiger partial charge in [0.15, 0.2) is 0 Å². The molecule has 0 spiro atoms. The molecule has 0 aliphatic rings. The summed E-state index contributed by atoms with van der Waals surface area (Å²) in [4.78, 5) is 0. The predicted molar refractivity (Wildman–Crippen MR) is 62.6 cm³/mol. The minimum atomic E-state index is 0.0867. The van der Waals surface area contributed by atoms with Crippen molar-refractivity contribution in [1.82, 2.24) is 0 Å². The fraction of sp³-hybridized carbons (Fsp3) is 0.500. The number of nitrogens with two attached hydrogens (primary N) is 1. The lowest BCUT2D eigenvalue weighted by Crippen LogP contribution is -2.18. The normalized spacial score (nSPS) is 13.3. The van der Waals surface area contributed by atoms with Crippen molar-refractivity contribution in [1.29, 1.82) is 0 Å². The van der Waals surface area contributed by atoms with Crippen LogP contribution in [0.15, 0.2) is 18.2 Å². The molecule has 1 nitrogen and oxygen atoms in total. The van der Waals surface area contributed by atoms with E-state index in [1.807, 2.05) is 12.1 Å². The summed E-state index contributed by atoms with van der Waals surface area (Å²) in [6.45, 7) is 6.40. The van der Waals surface area contributed by atoms with Crippen LogP contribution >= 0.6 is 11.6 Å². The second kappa shape index (κ2) is 4.81. The molecule has 0 aromatic heterocycles. The third-order valence-electron chi connectivity index (χ3n) is 2.57. The summed E-state index contributed by atoms with van der Waals surface area (Å²) in [6.07, 6.45) is 1.01. The standard InChI is InChI=1S/C12H18ClN/c1-4-9-5-6-10(13)7-11(9)12(14)8(2)3/h5-8,12H,4,14H2,1-3H3/t12-/m0/s1. The van der Waals surface area contributed by atoms with E-state index in [0.29, 0.717) is 5.92 Å². The van der Waals surface area contributed by atoms with Crippen molar-refractivity contribution in [3.05, 3.63) is 34.3 Å². The predicted octanol–water partition coefficient (Wildman–Crippen LogP) is 3.56. The zero-order valence-corrected chi connectivity index (χ0v) is 9.81. The molecule has 0 heterocycles. The average Bonchev–Trinajstić information content (AvgIpc) is 2.16. The maximum absolute atomic E-state index is 6.12. The Morgan fingerprint density at radius 2 is 2.00 bits per heavy atom. The maximum Gasteiger partial charge on any atom is 0.0409 e. The smallest absolute Gasteiger partial charge is 0.0409 e. The van der Waals surface area contributed by atoms with E-state index < -0.39 is 0 Å². The van der Waals surface area contributed by atoms with Crippen molar-refractivity contribution in [2.45, 2.75) is 33.2 Å². The van der Waals surface area contributed by atoms with Gasteiger partial charge in [0, 0.05) is 11.1 Å². The van der Waals surface area contributed by atoms with Crippen LogP contribution in [0, 0.1) is 5.92 Å². The van der Waals surface area contributed by atoms with Crippen molar-refractivity contribution in [3.63, 3.8) is 0 Å². The van der Waals surface area contributed by atoms with E-state index in [0.717, 1.165) is 11.4 Å². The van der Waals surface area contributed by atoms with Gasteiger partial charge in [0.2, 0.25) is 0 Å². The summed E-state index contributed by atoms with van der Waals surface area (Å²) in [5.74, 6) is 0.443. The zero-order chi connectivity index (χ0) is 10.7. The second-order valence-corrected chi connectivity index (χ2v) is 4.40. The molecule has 0 saturated carbocycles. The van der Waals surface area contributed by atoms with Crippen LogP contribution in [0.25, 0.3) is 0 Å². The number of rotatable bonds is 3. The topological polar surface area (TPSA) is 26.0 Å². The highest BCUT2D eigenvalue weighted by atomic mass is 35.5. The van der Waals surface area contributed by atoms with Crippen LogP contribution in [-0.2, 0) is 6.42 Å². The lowest BCUT2D eigenvalue weighted by atomic mass is 9.92. The Morgan fingerprint density at radius 3 is 2.50 bits per heavy atom. The van der Waals surface area contributed by atoms with Gasteiger partial charge in [-0.15, -0.1) is 0 Å². The van der Waals surface area contributed by atoms with Gasteiger partial charge >= 0.3 is 0 Å². The van der Waals surface area contributed by atoms with Gasteiger partial charge in [0.1, 0.15) is 0 Å². The third-order valence-corrected chi connectivity index (χ3v) is 2.80. The molecule has 0 radical (unpaired) electrons. The number of hydrogen-bond acceptors (Lipinski definition) is 1. The highest BCUT2D eigenvalue weighted by Gasteiger charge is 2.13. The highest BCUT2D eigenvalue weighted by molar-refractivity contribution is 6.30. The van der Waals surface area contributed by atoms with Crippen LogP contribution in [0.2, 0.25) is 5.02 Å². The summed E-state index contributed by atoms with van der Waals surface area (Å²) in [5, 5.41) is 0.772. The van der Waals surface area contributed by atoms with Gasteiger partial charge in [-0.25, -0.2) is 0 Å². The molecule has 0 amide bonds. The summed E-state index contributed by atoms with van der Waals surface area (Å²) >= 11 is 5.97. The molecular formula is C12H18ClN. The SMILES string of the molecule is CCc1ccc(Cl)cc1[C@@H](N)C(C)C. The first-order valence-corrected chi connectivity index (χ1v) is 5.48. The molecule has 0 fully saturated rings. The lowest BCUT2D eigenvalue weighted by molar-refractivity contribution is 0.511. The van der Waals surface area contributed by atoms with E-state index in [4.69, 9.17) is 17.3 Å². The van der Waals surface area contributed by atoms with Crippen LogP contribution in [0.5, 0.6) is 0 Å². The summed E-state index contributed by atoms with van der Waals surface area (Å²) in [5.41, 5.74) is 8.62. The number of hydrogen-bond donors (Lipinski definition) is 1. The molecule has 1 rings (SSSR count). The molecule has 2 heteroatoms. The Balaban J connectivity index is 3.10. The first kappa shape index (κ1) is 11.5. The fourth-order valence-corrected chi connectivity index (χ4v) is 1.74. The van der Waals surface area contributed by atoms with Gasteiger partial charge < -0.3 is 5.73 Å². The largest absolute Gasteiger partial charge is 0.324 e. The Kier molecular flexibility index (Phi) is 3.97. The van der Waals surface area contributed by atoms with E-state index in [1.165, 1.54) is 11.1 Å². The van der Waals surface area contributed by atoms with Gasteiger partial charge in [-0.3, -0.25) is 0 Å². The van der Waals surface area contributed by atoms with Crippen LogP contribution in [0.1, 0.15) is 37.9 Å². The van der Waals surface area contributed by atoms with Crippen LogP contribution in [-0.4, -0.2) is 0 Å². The quantitative estimate of drug-likeness (QED) is 0.813. The molecular weight excluding hydrogens is 194 g/mol. The molecule has 14 heavy (non-hydrogen) atoms. The average molecular weight is 212 g/mol. The van der Waals surface area contributed by atoms with Crippen LogP contribution in [0.3, 0.4) is 0 Å². The van der Waals surface area contributed by atoms with Gasteiger partial charge in [0.25, 0.3) is 0 Å². The molecule has 1 aromatic rings. The van der Waals surface area contributed by atoms with Gasteiger partial charge in [-0.05, 0) is 35.6 Å². The molecule has 0 aliphatic carbocycles. The van der Waals surface area contributed by atoms with Gasteiger partial charge in [-0.2, -0.15) is 0 Å². The molecule has 1 atom stereocenters. The number of aryl methyl sites for hydroxylation is 1. The molecule has 0 aliphatic heterocycles. The van der Waals surface area contributed by atoms with Crippen molar-refractivity contribution in [2.75, 3.05) is 0 Å². The first-order chi connectivity index (χ1) is 6.56. The molecule has 1 aromatic carbocycles. The first-order valence-electron chi connectivity index (χ1n) is 5.10. The van der Waals surface area contributed by atoms with E-state index in [9.17, 15) is 0 Å². The Bertz CT molecular complexity index is 307. The minimum absolute atomic E-state index is 0.0867. The highest BCUT2D eigenvalue weighted by Crippen LogP contribution is 2.25. The van der Waals surface area contributed by atoms with Crippen molar-refractivity contribution < 1.29 is 0 Å². The van der Waals surface area contributed by atoms with Gasteiger partial charge in [0.05, 0.1) is 0 Å². The summed E-state index contributed by atoms with van der Waals surface area (Å²) in [6, 6.07) is 6.07.